The first-order valence-corrected chi connectivity index (χ1v) is 4.63. The molecule has 0 aliphatic heterocycles. The van der Waals surface area contributed by atoms with Gasteiger partial charge in [-0.2, -0.15) is 4.90 Å². The number of ether oxygens (including phenoxy) is 1. The maximum Gasteiger partial charge on any atom is 1.00 e. The van der Waals surface area contributed by atoms with E-state index < -0.39 is 0 Å². The molecule has 0 heterocycles. The van der Waals surface area contributed by atoms with Gasteiger partial charge in [0.15, 0.2) is 0 Å². The third-order valence-electron chi connectivity index (χ3n) is 1.59. The molecule has 0 aliphatic rings. The first-order valence-electron chi connectivity index (χ1n) is 4.23. The summed E-state index contributed by atoms with van der Waals surface area (Å²) in [7, 11) is 0. The summed E-state index contributed by atoms with van der Waals surface area (Å²) >= 11 is 4.95. The Morgan fingerprint density at radius 1 is 1.23 bits per heavy atom. The summed E-state index contributed by atoms with van der Waals surface area (Å²) in [6.45, 7) is 2.95. The third-order valence-corrected chi connectivity index (χ3v) is 1.86. The standard InChI is InChI=1S/C10H14OS.Na/c1-2-3-8-11-9-4-6-10(12)7-5-9;/h4-7,12H,2-3,8H2,1H3;/q;+1/p-1. The minimum atomic E-state index is 0. The summed E-state index contributed by atoms with van der Waals surface area (Å²) in [5, 5.41) is 0. The molecule has 0 saturated heterocycles. The zero-order chi connectivity index (χ0) is 8.81. The smallest absolute Gasteiger partial charge is 0.780 e. The Kier molecular flexibility index (Phi) is 7.77. The average Bonchev–Trinajstić information content (AvgIpc) is 2.09. The van der Waals surface area contributed by atoms with Gasteiger partial charge in [0.1, 0.15) is 5.75 Å². The van der Waals surface area contributed by atoms with Crippen LogP contribution in [0.25, 0.3) is 0 Å². The van der Waals surface area contributed by atoms with Crippen LogP contribution in [0.5, 0.6) is 5.75 Å². The molecule has 0 aromatic heterocycles. The minimum Gasteiger partial charge on any atom is -0.780 e. The number of hydrogen-bond acceptors (Lipinski definition) is 2. The largest absolute Gasteiger partial charge is 1.00 e. The zero-order valence-corrected chi connectivity index (χ0v) is 11.1. The maximum absolute atomic E-state index is 5.46. The van der Waals surface area contributed by atoms with Gasteiger partial charge in [0.2, 0.25) is 0 Å². The zero-order valence-electron chi connectivity index (χ0n) is 8.25. The molecule has 1 rings (SSSR count). The van der Waals surface area contributed by atoms with Crippen LogP contribution in [0.15, 0.2) is 29.2 Å². The van der Waals surface area contributed by atoms with E-state index >= 15 is 0 Å². The van der Waals surface area contributed by atoms with E-state index in [-0.39, 0.29) is 29.6 Å². The Morgan fingerprint density at radius 2 is 1.85 bits per heavy atom. The first-order chi connectivity index (χ1) is 5.83. The van der Waals surface area contributed by atoms with Gasteiger partial charge in [-0.05, 0) is 18.6 Å². The van der Waals surface area contributed by atoms with Crippen LogP contribution in [0.3, 0.4) is 0 Å². The topological polar surface area (TPSA) is 9.23 Å². The average molecular weight is 204 g/mol. The van der Waals surface area contributed by atoms with Gasteiger partial charge in [0, 0.05) is 0 Å². The Morgan fingerprint density at radius 3 is 2.38 bits per heavy atom. The molecular formula is C10H13NaOS. The summed E-state index contributed by atoms with van der Waals surface area (Å²) in [4.78, 5) is 0.859. The molecule has 66 valence electrons. The van der Waals surface area contributed by atoms with Gasteiger partial charge in [-0.3, -0.25) is 0 Å². The van der Waals surface area contributed by atoms with Gasteiger partial charge in [-0.15, -0.1) is 0 Å². The number of unbranched alkanes of at least 4 members (excludes halogenated alkanes) is 1. The predicted octanol–water partition coefficient (Wildman–Crippen LogP) is -0.225. The minimum absolute atomic E-state index is 0. The van der Waals surface area contributed by atoms with Crippen molar-refractivity contribution in [3.63, 3.8) is 0 Å². The molecule has 0 amide bonds. The van der Waals surface area contributed by atoms with Crippen LogP contribution in [0.2, 0.25) is 0 Å². The number of rotatable bonds is 4. The second kappa shape index (κ2) is 7.63. The van der Waals surface area contributed by atoms with Crippen molar-refractivity contribution >= 4 is 12.6 Å². The predicted molar refractivity (Wildman–Crippen MR) is 52.5 cm³/mol. The number of hydrogen-bond donors (Lipinski definition) is 0. The fraction of sp³-hybridized carbons (Fsp3) is 0.400. The van der Waals surface area contributed by atoms with E-state index in [4.69, 9.17) is 17.4 Å². The van der Waals surface area contributed by atoms with Crippen LogP contribution in [0, 0.1) is 0 Å². The van der Waals surface area contributed by atoms with E-state index in [0.29, 0.717) is 0 Å². The molecule has 0 atom stereocenters. The summed E-state index contributed by atoms with van der Waals surface area (Å²) < 4.78 is 5.46. The van der Waals surface area contributed by atoms with Crippen LogP contribution in [-0.2, 0) is 12.6 Å². The van der Waals surface area contributed by atoms with Crippen molar-refractivity contribution in [1.82, 2.24) is 0 Å². The summed E-state index contributed by atoms with van der Waals surface area (Å²) in [5.41, 5.74) is 0. The molecule has 0 spiro atoms. The van der Waals surface area contributed by atoms with Gasteiger partial charge in [-0.1, -0.05) is 25.5 Å². The van der Waals surface area contributed by atoms with E-state index in [1.165, 1.54) is 6.42 Å². The summed E-state index contributed by atoms with van der Waals surface area (Å²) in [6, 6.07) is 7.60. The van der Waals surface area contributed by atoms with Gasteiger partial charge >= 0.3 is 29.6 Å². The van der Waals surface area contributed by atoms with Crippen molar-refractivity contribution in [2.45, 2.75) is 24.7 Å². The van der Waals surface area contributed by atoms with Crippen LogP contribution in [0.4, 0.5) is 0 Å². The molecule has 0 N–H and O–H groups in total. The van der Waals surface area contributed by atoms with Crippen molar-refractivity contribution in [2.24, 2.45) is 0 Å². The summed E-state index contributed by atoms with van der Waals surface area (Å²) in [6.07, 6.45) is 2.27. The van der Waals surface area contributed by atoms with Gasteiger partial charge in [0.05, 0.1) is 6.61 Å². The second-order valence-corrected chi connectivity index (χ2v) is 3.14. The number of benzene rings is 1. The second-order valence-electron chi connectivity index (χ2n) is 2.67. The van der Waals surface area contributed by atoms with E-state index in [0.717, 1.165) is 23.7 Å². The van der Waals surface area contributed by atoms with Crippen molar-refractivity contribution < 1.29 is 34.3 Å². The van der Waals surface area contributed by atoms with E-state index in [9.17, 15) is 0 Å². The molecule has 13 heavy (non-hydrogen) atoms. The molecule has 3 heteroatoms. The third kappa shape index (κ3) is 5.53. The van der Waals surface area contributed by atoms with Gasteiger partial charge < -0.3 is 17.4 Å². The van der Waals surface area contributed by atoms with Crippen LogP contribution < -0.4 is 34.3 Å². The monoisotopic (exact) mass is 204 g/mol. The van der Waals surface area contributed by atoms with Crippen LogP contribution >= 0.6 is 0 Å². The quantitative estimate of drug-likeness (QED) is 0.381. The fourth-order valence-electron chi connectivity index (χ4n) is 0.870. The van der Waals surface area contributed by atoms with Crippen molar-refractivity contribution in [1.29, 1.82) is 0 Å². The maximum atomic E-state index is 5.46. The molecule has 0 fully saturated rings. The SMILES string of the molecule is CCCCOc1ccc([S-])cc1.[Na+]. The molecule has 0 bridgehead atoms. The molecule has 0 radical (unpaired) electrons. The van der Waals surface area contributed by atoms with Crippen LogP contribution in [-0.4, -0.2) is 6.61 Å². The van der Waals surface area contributed by atoms with Gasteiger partial charge in [0.25, 0.3) is 0 Å². The van der Waals surface area contributed by atoms with E-state index in [1.54, 1.807) is 0 Å². The van der Waals surface area contributed by atoms with E-state index in [1.807, 2.05) is 24.3 Å². The molecular weight excluding hydrogens is 191 g/mol. The molecule has 0 unspecified atom stereocenters. The Labute approximate surface area is 108 Å². The fourth-order valence-corrected chi connectivity index (χ4v) is 1.01. The summed E-state index contributed by atoms with van der Waals surface area (Å²) in [5.74, 6) is 0.914. The first kappa shape index (κ1) is 13.2. The van der Waals surface area contributed by atoms with Crippen molar-refractivity contribution in [3.05, 3.63) is 24.3 Å². The van der Waals surface area contributed by atoms with E-state index in [2.05, 4.69) is 6.92 Å². The normalized spacial score (nSPS) is 9.00. The molecule has 1 aromatic rings. The molecule has 0 saturated carbocycles. The van der Waals surface area contributed by atoms with Gasteiger partial charge in [-0.25, -0.2) is 0 Å². The Balaban J connectivity index is 0.00000144. The molecule has 0 aliphatic carbocycles. The molecule has 1 aromatic carbocycles. The van der Waals surface area contributed by atoms with Crippen LogP contribution in [0.1, 0.15) is 19.8 Å². The Hall–Kier alpha value is 0.240. The molecule has 1 nitrogen and oxygen atoms in total. The van der Waals surface area contributed by atoms with Crippen molar-refractivity contribution in [3.8, 4) is 5.75 Å². The van der Waals surface area contributed by atoms with Crippen molar-refractivity contribution in [2.75, 3.05) is 6.61 Å². The Bertz CT molecular complexity index is 223.